The van der Waals surface area contributed by atoms with E-state index < -0.39 is 0 Å². The summed E-state index contributed by atoms with van der Waals surface area (Å²) >= 11 is 0. The second-order valence-corrected chi connectivity index (χ2v) is 5.80. The molecular formula is C18H21N3O3. The van der Waals surface area contributed by atoms with Crippen molar-refractivity contribution in [1.82, 2.24) is 14.9 Å². The van der Waals surface area contributed by atoms with Gasteiger partial charge < -0.3 is 14.4 Å². The van der Waals surface area contributed by atoms with E-state index >= 15 is 0 Å². The number of hydrogen-bond donors (Lipinski definition) is 0. The Bertz CT molecular complexity index is 678. The third kappa shape index (κ3) is 3.82. The van der Waals surface area contributed by atoms with E-state index in [1.165, 1.54) is 0 Å². The molecule has 0 bridgehead atoms. The average Bonchev–Trinajstić information content (AvgIpc) is 2.63. The van der Waals surface area contributed by atoms with Crippen molar-refractivity contribution in [2.24, 2.45) is 0 Å². The van der Waals surface area contributed by atoms with Crippen LogP contribution in [0.25, 0.3) is 0 Å². The highest BCUT2D eigenvalue weighted by Gasteiger charge is 2.25. The van der Waals surface area contributed by atoms with Crippen LogP contribution in [0.3, 0.4) is 0 Å². The number of rotatable bonds is 4. The van der Waals surface area contributed by atoms with Crippen LogP contribution in [0.5, 0.6) is 11.5 Å². The first-order valence-corrected chi connectivity index (χ1v) is 8.04. The third-order valence-electron chi connectivity index (χ3n) is 4.12. The van der Waals surface area contributed by atoms with Crippen LogP contribution >= 0.6 is 0 Å². The summed E-state index contributed by atoms with van der Waals surface area (Å²) in [4.78, 5) is 22.4. The Morgan fingerprint density at radius 3 is 2.25 bits per heavy atom. The minimum Gasteiger partial charge on any atom is -0.497 e. The van der Waals surface area contributed by atoms with Gasteiger partial charge in [-0.1, -0.05) is 0 Å². The lowest BCUT2D eigenvalue weighted by Crippen LogP contribution is -2.41. The molecule has 1 aromatic heterocycles. The second kappa shape index (κ2) is 7.29. The van der Waals surface area contributed by atoms with Crippen molar-refractivity contribution < 1.29 is 14.3 Å². The first-order chi connectivity index (χ1) is 11.7. The molecule has 1 aliphatic heterocycles. The van der Waals surface area contributed by atoms with E-state index in [9.17, 15) is 4.79 Å². The number of carbonyl (C=O) groups is 1. The summed E-state index contributed by atoms with van der Waals surface area (Å²) in [7, 11) is 1.64. The number of hydrogen-bond acceptors (Lipinski definition) is 5. The lowest BCUT2D eigenvalue weighted by Gasteiger charge is -2.32. The highest BCUT2D eigenvalue weighted by molar-refractivity contribution is 5.93. The van der Waals surface area contributed by atoms with Gasteiger partial charge in [-0.05, 0) is 31.2 Å². The van der Waals surface area contributed by atoms with Crippen LogP contribution in [0.2, 0.25) is 0 Å². The molecule has 126 valence electrons. The maximum absolute atomic E-state index is 12.4. The van der Waals surface area contributed by atoms with E-state index in [4.69, 9.17) is 9.47 Å². The topological polar surface area (TPSA) is 64.6 Å². The van der Waals surface area contributed by atoms with Crippen molar-refractivity contribution in [1.29, 1.82) is 0 Å². The van der Waals surface area contributed by atoms with Gasteiger partial charge in [-0.3, -0.25) is 4.79 Å². The fraction of sp³-hybridized carbons (Fsp3) is 0.389. The Morgan fingerprint density at radius 1 is 1.08 bits per heavy atom. The van der Waals surface area contributed by atoms with Crippen molar-refractivity contribution in [3.05, 3.63) is 48.0 Å². The normalized spacial score (nSPS) is 15.2. The van der Waals surface area contributed by atoms with E-state index in [0.29, 0.717) is 24.5 Å². The van der Waals surface area contributed by atoms with Gasteiger partial charge in [-0.25, -0.2) is 9.97 Å². The summed E-state index contributed by atoms with van der Waals surface area (Å²) in [6.45, 7) is 3.15. The smallest absolute Gasteiger partial charge is 0.256 e. The Hall–Kier alpha value is -2.63. The Morgan fingerprint density at radius 2 is 1.67 bits per heavy atom. The summed E-state index contributed by atoms with van der Waals surface area (Å²) in [5.74, 6) is 2.28. The highest BCUT2D eigenvalue weighted by atomic mass is 16.5. The lowest BCUT2D eigenvalue weighted by atomic mass is 10.1. The number of ether oxygens (including phenoxy) is 2. The molecule has 24 heavy (non-hydrogen) atoms. The molecule has 1 aliphatic rings. The Labute approximate surface area is 141 Å². The minimum atomic E-state index is -0.0158. The SMILES string of the molecule is COc1ccc(OC2CCN(C(=O)c3cnc(C)nc3)CC2)cc1. The monoisotopic (exact) mass is 327 g/mol. The molecule has 2 heterocycles. The van der Waals surface area contributed by atoms with E-state index in [2.05, 4.69) is 9.97 Å². The van der Waals surface area contributed by atoms with Crippen molar-refractivity contribution in [2.75, 3.05) is 20.2 Å². The molecule has 0 radical (unpaired) electrons. The molecule has 1 saturated heterocycles. The third-order valence-corrected chi connectivity index (χ3v) is 4.12. The number of carbonyl (C=O) groups excluding carboxylic acids is 1. The summed E-state index contributed by atoms with van der Waals surface area (Å²) in [5.41, 5.74) is 0.537. The van der Waals surface area contributed by atoms with Gasteiger partial charge in [0.05, 0.1) is 12.7 Å². The van der Waals surface area contributed by atoms with E-state index in [-0.39, 0.29) is 12.0 Å². The van der Waals surface area contributed by atoms with Gasteiger partial charge in [0, 0.05) is 38.3 Å². The number of nitrogens with zero attached hydrogens (tertiary/aromatic N) is 3. The molecule has 0 saturated carbocycles. The van der Waals surface area contributed by atoms with Crippen LogP contribution in [0, 0.1) is 6.92 Å². The van der Waals surface area contributed by atoms with Gasteiger partial charge in [-0.15, -0.1) is 0 Å². The zero-order valence-corrected chi connectivity index (χ0v) is 13.9. The maximum Gasteiger partial charge on any atom is 0.256 e. The van der Waals surface area contributed by atoms with Crippen LogP contribution in [-0.2, 0) is 0 Å². The van der Waals surface area contributed by atoms with Gasteiger partial charge in [0.2, 0.25) is 0 Å². The summed E-state index contributed by atoms with van der Waals surface area (Å²) in [6, 6.07) is 7.57. The molecule has 2 aromatic rings. The fourth-order valence-electron chi connectivity index (χ4n) is 2.71. The highest BCUT2D eigenvalue weighted by Crippen LogP contribution is 2.22. The van der Waals surface area contributed by atoms with Gasteiger partial charge in [0.15, 0.2) is 0 Å². The number of benzene rings is 1. The summed E-state index contributed by atoms with van der Waals surface area (Å²) < 4.78 is 11.1. The molecule has 1 fully saturated rings. The van der Waals surface area contributed by atoms with E-state index in [1.807, 2.05) is 29.2 Å². The molecule has 0 spiro atoms. The van der Waals surface area contributed by atoms with Gasteiger partial charge in [0.1, 0.15) is 23.4 Å². The second-order valence-electron chi connectivity index (χ2n) is 5.80. The predicted octanol–water partition coefficient (Wildman–Crippen LogP) is 2.48. The van der Waals surface area contributed by atoms with Crippen molar-refractivity contribution in [3.8, 4) is 11.5 Å². The van der Waals surface area contributed by atoms with Crippen LogP contribution in [-0.4, -0.2) is 47.1 Å². The summed E-state index contributed by atoms with van der Waals surface area (Å²) in [5, 5.41) is 0. The largest absolute Gasteiger partial charge is 0.497 e. The minimum absolute atomic E-state index is 0.0158. The van der Waals surface area contributed by atoms with Crippen molar-refractivity contribution in [3.63, 3.8) is 0 Å². The van der Waals surface area contributed by atoms with Gasteiger partial charge in [-0.2, -0.15) is 0 Å². The molecule has 0 N–H and O–H groups in total. The zero-order valence-electron chi connectivity index (χ0n) is 13.9. The molecule has 1 amide bonds. The van der Waals surface area contributed by atoms with Crippen molar-refractivity contribution >= 4 is 5.91 Å². The first kappa shape index (κ1) is 16.2. The van der Waals surface area contributed by atoms with Crippen LogP contribution in [0.1, 0.15) is 29.0 Å². The zero-order chi connectivity index (χ0) is 16.9. The molecular weight excluding hydrogens is 306 g/mol. The quantitative estimate of drug-likeness (QED) is 0.863. The molecule has 3 rings (SSSR count). The molecule has 6 heteroatoms. The average molecular weight is 327 g/mol. The molecule has 0 unspecified atom stereocenters. The fourth-order valence-corrected chi connectivity index (χ4v) is 2.71. The molecule has 0 aliphatic carbocycles. The predicted molar refractivity (Wildman–Crippen MR) is 89.3 cm³/mol. The van der Waals surface area contributed by atoms with Crippen LogP contribution in [0.15, 0.2) is 36.7 Å². The van der Waals surface area contributed by atoms with E-state index in [1.54, 1.807) is 26.4 Å². The number of piperidine rings is 1. The number of aromatic nitrogens is 2. The lowest BCUT2D eigenvalue weighted by molar-refractivity contribution is 0.0594. The Kier molecular flexibility index (Phi) is 4.93. The molecule has 0 atom stereocenters. The van der Waals surface area contributed by atoms with Gasteiger partial charge in [0.25, 0.3) is 5.91 Å². The Balaban J connectivity index is 1.53. The summed E-state index contributed by atoms with van der Waals surface area (Å²) in [6.07, 6.45) is 4.92. The van der Waals surface area contributed by atoms with Crippen LogP contribution < -0.4 is 9.47 Å². The number of likely N-dealkylation sites (tertiary alicyclic amines) is 1. The van der Waals surface area contributed by atoms with Crippen molar-refractivity contribution in [2.45, 2.75) is 25.9 Å². The number of methoxy groups -OCH3 is 1. The molecule has 1 aromatic carbocycles. The van der Waals surface area contributed by atoms with E-state index in [0.717, 1.165) is 24.3 Å². The molecule has 6 nitrogen and oxygen atoms in total. The van der Waals surface area contributed by atoms with Crippen LogP contribution in [0.4, 0.5) is 0 Å². The number of amides is 1. The van der Waals surface area contributed by atoms with Gasteiger partial charge >= 0.3 is 0 Å². The standard InChI is InChI=1S/C18H21N3O3/c1-13-19-11-14(12-20-13)18(22)21-9-7-17(8-10-21)24-16-5-3-15(23-2)4-6-16/h3-6,11-12,17H,7-10H2,1-2H3. The first-order valence-electron chi connectivity index (χ1n) is 8.04. The maximum atomic E-state index is 12.4. The number of aryl methyl sites for hydroxylation is 1.